The molecule has 0 aromatic heterocycles. The fourth-order valence-corrected chi connectivity index (χ4v) is 0.992. The fraction of sp³-hybridized carbons (Fsp3) is 0.125. The summed E-state index contributed by atoms with van der Waals surface area (Å²) in [5.41, 5.74) is 0.400. The Hall–Kier alpha value is -2.11. The van der Waals surface area contributed by atoms with Crippen molar-refractivity contribution in [2.45, 2.75) is 0 Å². The highest BCUT2D eigenvalue weighted by atomic mass is 16.6. The largest absolute Gasteiger partial charge is 0.490 e. The monoisotopic (exact) mass is 196 g/mol. The van der Waals surface area contributed by atoms with Crippen LogP contribution in [-0.2, 0) is 0 Å². The molecule has 0 heterocycles. The van der Waals surface area contributed by atoms with E-state index in [4.69, 9.17) is 9.94 Å². The molecule has 0 atom stereocenters. The summed E-state index contributed by atoms with van der Waals surface area (Å²) in [7, 11) is 1.34. The maximum atomic E-state index is 10.5. The van der Waals surface area contributed by atoms with Gasteiger partial charge in [-0.25, -0.2) is 0 Å². The first-order valence-electron chi connectivity index (χ1n) is 3.69. The van der Waals surface area contributed by atoms with Crippen molar-refractivity contribution in [3.05, 3.63) is 33.9 Å². The van der Waals surface area contributed by atoms with Gasteiger partial charge in [-0.1, -0.05) is 5.16 Å². The van der Waals surface area contributed by atoms with Crippen LogP contribution in [-0.4, -0.2) is 23.5 Å². The van der Waals surface area contributed by atoms with Crippen LogP contribution in [0.3, 0.4) is 0 Å². The van der Waals surface area contributed by atoms with E-state index in [-0.39, 0.29) is 11.4 Å². The summed E-state index contributed by atoms with van der Waals surface area (Å²) in [5.74, 6) is 0.132. The zero-order valence-corrected chi connectivity index (χ0v) is 7.38. The topological polar surface area (TPSA) is 85.0 Å². The maximum absolute atomic E-state index is 10.5. The lowest BCUT2D eigenvalue weighted by Gasteiger charge is -2.01. The van der Waals surface area contributed by atoms with Crippen molar-refractivity contribution in [2.75, 3.05) is 7.11 Å². The summed E-state index contributed by atoms with van der Waals surface area (Å²) in [6.07, 6.45) is 1.16. The molecule has 0 spiro atoms. The molecule has 0 fully saturated rings. The maximum Gasteiger partial charge on any atom is 0.310 e. The quantitative estimate of drug-likeness (QED) is 0.343. The lowest BCUT2D eigenvalue weighted by Crippen LogP contribution is -1.94. The van der Waals surface area contributed by atoms with Crippen molar-refractivity contribution in [3.63, 3.8) is 0 Å². The van der Waals surface area contributed by atoms with Gasteiger partial charge in [0.1, 0.15) is 0 Å². The Labute approximate surface area is 79.6 Å². The molecule has 6 nitrogen and oxygen atoms in total. The average molecular weight is 196 g/mol. The molecule has 6 heteroatoms. The molecule has 1 N–H and O–H groups in total. The van der Waals surface area contributed by atoms with Crippen LogP contribution in [0, 0.1) is 10.1 Å². The third kappa shape index (κ3) is 1.98. The Balaban J connectivity index is 3.17. The Bertz CT molecular complexity index is 376. The van der Waals surface area contributed by atoms with E-state index >= 15 is 0 Å². The van der Waals surface area contributed by atoms with Gasteiger partial charge in [-0.15, -0.1) is 0 Å². The van der Waals surface area contributed by atoms with Gasteiger partial charge in [0.05, 0.1) is 18.2 Å². The highest BCUT2D eigenvalue weighted by molar-refractivity contribution is 5.80. The molecule has 1 aromatic rings. The smallest absolute Gasteiger partial charge is 0.310 e. The number of nitro groups is 1. The summed E-state index contributed by atoms with van der Waals surface area (Å²) < 4.78 is 4.81. The number of rotatable bonds is 3. The second-order valence-electron chi connectivity index (χ2n) is 2.43. The Morgan fingerprint density at radius 3 is 2.86 bits per heavy atom. The predicted octanol–water partition coefficient (Wildman–Crippen LogP) is 1.41. The standard InChI is InChI=1S/C8H8N2O4/c1-14-8-4-6(5-9-11)2-3-7(8)10(12)13/h2-5,11H,1H3/b9-5+. The normalized spacial score (nSPS) is 10.4. The summed E-state index contributed by atoms with van der Waals surface area (Å²) in [6, 6.07) is 4.16. The summed E-state index contributed by atoms with van der Waals surface area (Å²) in [4.78, 5) is 9.95. The van der Waals surface area contributed by atoms with E-state index in [1.54, 1.807) is 0 Å². The van der Waals surface area contributed by atoms with E-state index in [2.05, 4.69) is 5.16 Å². The number of oxime groups is 1. The zero-order chi connectivity index (χ0) is 10.6. The van der Waals surface area contributed by atoms with Gasteiger partial charge in [-0.3, -0.25) is 10.1 Å². The molecule has 1 aromatic carbocycles. The molecule has 0 saturated carbocycles. The number of nitrogens with zero attached hydrogens (tertiary/aromatic N) is 2. The molecule has 0 saturated heterocycles. The fourth-order valence-electron chi connectivity index (χ4n) is 0.992. The second kappa shape index (κ2) is 4.22. The van der Waals surface area contributed by atoms with E-state index < -0.39 is 4.92 Å². The van der Waals surface area contributed by atoms with Gasteiger partial charge in [0.25, 0.3) is 0 Å². The van der Waals surface area contributed by atoms with E-state index in [0.717, 1.165) is 6.21 Å². The van der Waals surface area contributed by atoms with Crippen LogP contribution in [0.15, 0.2) is 23.4 Å². The van der Waals surface area contributed by atoms with Crippen LogP contribution in [0.1, 0.15) is 5.56 Å². The molecule has 0 radical (unpaired) electrons. The molecule has 14 heavy (non-hydrogen) atoms. The van der Waals surface area contributed by atoms with Gasteiger partial charge in [0.15, 0.2) is 5.75 Å². The van der Waals surface area contributed by atoms with Gasteiger partial charge in [0, 0.05) is 11.6 Å². The Morgan fingerprint density at radius 1 is 1.64 bits per heavy atom. The minimum Gasteiger partial charge on any atom is -0.490 e. The first-order chi connectivity index (χ1) is 6.69. The molecule has 1 rings (SSSR count). The van der Waals surface area contributed by atoms with Crippen molar-refractivity contribution in [2.24, 2.45) is 5.16 Å². The van der Waals surface area contributed by atoms with Crippen LogP contribution < -0.4 is 4.74 Å². The predicted molar refractivity (Wildman–Crippen MR) is 49.0 cm³/mol. The molecule has 0 aliphatic heterocycles. The summed E-state index contributed by atoms with van der Waals surface area (Å²) >= 11 is 0. The van der Waals surface area contributed by atoms with E-state index in [9.17, 15) is 10.1 Å². The van der Waals surface area contributed by atoms with E-state index in [1.807, 2.05) is 0 Å². The van der Waals surface area contributed by atoms with Gasteiger partial charge in [-0.05, 0) is 12.1 Å². The number of hydrogen-bond acceptors (Lipinski definition) is 5. The molecule has 0 amide bonds. The van der Waals surface area contributed by atoms with Gasteiger partial charge in [0.2, 0.25) is 0 Å². The zero-order valence-electron chi connectivity index (χ0n) is 7.38. The van der Waals surface area contributed by atoms with Gasteiger partial charge < -0.3 is 9.94 Å². The molecule has 0 bridgehead atoms. The minimum absolute atomic E-state index is 0.123. The second-order valence-corrected chi connectivity index (χ2v) is 2.43. The molecular formula is C8H8N2O4. The van der Waals surface area contributed by atoms with Crippen molar-refractivity contribution in [1.82, 2.24) is 0 Å². The van der Waals surface area contributed by atoms with E-state index in [1.165, 1.54) is 25.3 Å². The summed E-state index contributed by atoms with van der Waals surface area (Å²) in [5, 5.41) is 21.6. The van der Waals surface area contributed by atoms with Crippen molar-refractivity contribution >= 4 is 11.9 Å². The van der Waals surface area contributed by atoms with Crippen molar-refractivity contribution in [3.8, 4) is 5.75 Å². The van der Waals surface area contributed by atoms with E-state index in [0.29, 0.717) is 5.56 Å². The third-order valence-corrected chi connectivity index (χ3v) is 1.61. The molecule has 0 aliphatic rings. The lowest BCUT2D eigenvalue weighted by atomic mass is 10.2. The number of benzene rings is 1. The van der Waals surface area contributed by atoms with Crippen LogP contribution in [0.25, 0.3) is 0 Å². The number of nitro benzene ring substituents is 1. The van der Waals surface area contributed by atoms with Gasteiger partial charge >= 0.3 is 5.69 Å². The van der Waals surface area contributed by atoms with Crippen LogP contribution in [0.5, 0.6) is 5.75 Å². The first-order valence-corrected chi connectivity index (χ1v) is 3.69. The Kier molecular flexibility index (Phi) is 3.01. The SMILES string of the molecule is COc1cc(/C=N/O)ccc1[N+](=O)[O-]. The van der Waals surface area contributed by atoms with Crippen molar-refractivity contribution < 1.29 is 14.9 Å². The van der Waals surface area contributed by atoms with Crippen molar-refractivity contribution in [1.29, 1.82) is 0 Å². The third-order valence-electron chi connectivity index (χ3n) is 1.61. The first kappa shape index (κ1) is 9.97. The molecule has 0 aliphatic carbocycles. The lowest BCUT2D eigenvalue weighted by molar-refractivity contribution is -0.385. The molecule has 0 unspecified atom stereocenters. The number of hydrogen-bond donors (Lipinski definition) is 1. The van der Waals surface area contributed by atoms with Crippen LogP contribution in [0.4, 0.5) is 5.69 Å². The van der Waals surface area contributed by atoms with Gasteiger partial charge in [-0.2, -0.15) is 0 Å². The summed E-state index contributed by atoms with van der Waals surface area (Å²) in [6.45, 7) is 0. The number of ether oxygens (including phenoxy) is 1. The highest BCUT2D eigenvalue weighted by Crippen LogP contribution is 2.26. The average Bonchev–Trinajstić information content (AvgIpc) is 2.17. The van der Waals surface area contributed by atoms with Crippen LogP contribution >= 0.6 is 0 Å². The molecule has 74 valence electrons. The minimum atomic E-state index is -0.543. The highest BCUT2D eigenvalue weighted by Gasteiger charge is 2.13. The Morgan fingerprint density at radius 2 is 2.36 bits per heavy atom. The molecular weight excluding hydrogens is 188 g/mol. The number of methoxy groups -OCH3 is 1. The van der Waals surface area contributed by atoms with Crippen LogP contribution in [0.2, 0.25) is 0 Å².